The van der Waals surface area contributed by atoms with Gasteiger partial charge in [0.2, 0.25) is 0 Å². The second-order valence-electron chi connectivity index (χ2n) is 9.10. The molecule has 2 N–H and O–H groups in total. The number of carbonyl (C=O) groups is 2. The van der Waals surface area contributed by atoms with Crippen LogP contribution >= 0.6 is 11.6 Å². The number of pyridine rings is 1. The molecule has 0 saturated carbocycles. The lowest BCUT2D eigenvalue weighted by Crippen LogP contribution is -2.39. The molecule has 0 fully saturated rings. The van der Waals surface area contributed by atoms with E-state index >= 15 is 0 Å². The van der Waals surface area contributed by atoms with Gasteiger partial charge in [-0.15, -0.1) is 0 Å². The van der Waals surface area contributed by atoms with Crippen molar-refractivity contribution >= 4 is 29.1 Å². The molecule has 0 unspecified atom stereocenters. The highest BCUT2D eigenvalue weighted by Crippen LogP contribution is 2.47. The highest BCUT2D eigenvalue weighted by Gasteiger charge is 2.42. The summed E-state index contributed by atoms with van der Waals surface area (Å²) in [5.41, 5.74) is 4.32. The van der Waals surface area contributed by atoms with Crippen molar-refractivity contribution in [3.8, 4) is 0 Å². The van der Waals surface area contributed by atoms with Gasteiger partial charge in [-0.2, -0.15) is 0 Å². The monoisotopic (exact) mass is 435 g/mol. The van der Waals surface area contributed by atoms with Gasteiger partial charge >= 0.3 is 0 Å². The van der Waals surface area contributed by atoms with Crippen molar-refractivity contribution in [3.05, 3.63) is 81.3 Å². The Morgan fingerprint density at radius 2 is 1.90 bits per heavy atom. The number of aromatic nitrogens is 1. The minimum Gasteiger partial charge on any atom is -0.362 e. The standard InChI is InChI=1S/C25H26ClN3O2/c1-14-7-5-10-20(27-14)29-24(31)21-15(2)28-18-12-25(3,4)13-19(30)23(18)22(21)16-8-6-9-17(26)11-16/h5-11,22,28H,12-13H2,1-4H3,(H,27,29,31)/t22-/m1/s1. The van der Waals surface area contributed by atoms with Crippen LogP contribution in [0.5, 0.6) is 0 Å². The summed E-state index contributed by atoms with van der Waals surface area (Å²) in [5, 5.41) is 6.85. The molecule has 6 heteroatoms. The Labute approximate surface area is 187 Å². The van der Waals surface area contributed by atoms with Crippen molar-refractivity contribution < 1.29 is 9.59 Å². The predicted molar refractivity (Wildman–Crippen MR) is 123 cm³/mol. The van der Waals surface area contributed by atoms with Crippen LogP contribution in [0.25, 0.3) is 0 Å². The van der Waals surface area contributed by atoms with Gasteiger partial charge in [0.15, 0.2) is 5.78 Å². The van der Waals surface area contributed by atoms with Gasteiger partial charge in [-0.25, -0.2) is 4.98 Å². The fourth-order valence-electron chi connectivity index (χ4n) is 4.55. The Hall–Kier alpha value is -2.92. The average Bonchev–Trinajstić information content (AvgIpc) is 2.65. The fraction of sp³-hybridized carbons (Fsp3) is 0.320. The van der Waals surface area contributed by atoms with Crippen LogP contribution in [0.1, 0.15) is 50.8 Å². The van der Waals surface area contributed by atoms with Gasteiger partial charge in [-0.1, -0.05) is 43.6 Å². The van der Waals surface area contributed by atoms with Crippen molar-refractivity contribution in [2.24, 2.45) is 5.41 Å². The number of Topliss-reactive ketones (excluding diaryl/α,β-unsaturated/α-hetero) is 1. The third kappa shape index (κ3) is 4.28. The molecule has 160 valence electrons. The highest BCUT2D eigenvalue weighted by molar-refractivity contribution is 6.30. The maximum Gasteiger partial charge on any atom is 0.255 e. The summed E-state index contributed by atoms with van der Waals surface area (Å²) in [6.45, 7) is 7.94. The lowest BCUT2D eigenvalue weighted by Gasteiger charge is -2.39. The number of nitrogens with one attached hydrogen (secondary N) is 2. The molecule has 1 amide bonds. The summed E-state index contributed by atoms with van der Waals surface area (Å²) < 4.78 is 0. The number of hydrogen-bond acceptors (Lipinski definition) is 4. The Balaban J connectivity index is 1.81. The third-order valence-corrected chi connectivity index (χ3v) is 6.03. The van der Waals surface area contributed by atoms with Gasteiger partial charge in [-0.3, -0.25) is 9.59 Å². The van der Waals surface area contributed by atoms with Gasteiger partial charge in [0.1, 0.15) is 5.82 Å². The second kappa shape index (κ2) is 7.97. The van der Waals surface area contributed by atoms with Gasteiger partial charge in [0, 0.05) is 45.6 Å². The molecule has 1 aromatic carbocycles. The van der Waals surface area contributed by atoms with Crippen LogP contribution in [-0.4, -0.2) is 16.7 Å². The van der Waals surface area contributed by atoms with Crippen molar-refractivity contribution in [2.45, 2.75) is 46.5 Å². The first-order chi connectivity index (χ1) is 14.6. The summed E-state index contributed by atoms with van der Waals surface area (Å²) in [5.74, 6) is -0.221. The fourth-order valence-corrected chi connectivity index (χ4v) is 4.75. The van der Waals surface area contributed by atoms with Crippen LogP contribution in [-0.2, 0) is 9.59 Å². The number of carbonyl (C=O) groups excluding carboxylic acids is 2. The molecule has 2 heterocycles. The van der Waals surface area contributed by atoms with E-state index in [0.717, 1.165) is 29.1 Å². The molecule has 5 nitrogen and oxygen atoms in total. The van der Waals surface area contributed by atoms with Crippen molar-refractivity contribution in [1.82, 2.24) is 10.3 Å². The molecule has 31 heavy (non-hydrogen) atoms. The number of allylic oxidation sites excluding steroid dienone is 3. The van der Waals surface area contributed by atoms with Crippen LogP contribution < -0.4 is 10.6 Å². The number of anilines is 1. The number of ketones is 1. The molecule has 0 saturated heterocycles. The van der Waals surface area contributed by atoms with Gasteiger partial charge in [0.05, 0.1) is 0 Å². The number of halogens is 1. The van der Waals surface area contributed by atoms with Crippen LogP contribution in [0.15, 0.2) is 65.0 Å². The molecule has 2 aliphatic rings. The van der Waals surface area contributed by atoms with E-state index < -0.39 is 5.92 Å². The number of aryl methyl sites for hydroxylation is 1. The van der Waals surface area contributed by atoms with Crippen LogP contribution in [0.3, 0.4) is 0 Å². The maximum atomic E-state index is 13.5. The number of nitrogens with zero attached hydrogens (tertiary/aromatic N) is 1. The summed E-state index contributed by atoms with van der Waals surface area (Å²) >= 11 is 6.29. The summed E-state index contributed by atoms with van der Waals surface area (Å²) in [4.78, 5) is 31.1. The Bertz CT molecular complexity index is 1150. The highest BCUT2D eigenvalue weighted by atomic mass is 35.5. The van der Waals surface area contributed by atoms with E-state index in [1.165, 1.54) is 0 Å². The Kier molecular flexibility index (Phi) is 5.48. The first-order valence-corrected chi connectivity index (χ1v) is 10.8. The minimum absolute atomic E-state index is 0.0650. The van der Waals surface area contributed by atoms with E-state index in [1.807, 2.05) is 44.2 Å². The minimum atomic E-state index is -0.483. The van der Waals surface area contributed by atoms with E-state index in [4.69, 9.17) is 11.6 Å². The van der Waals surface area contributed by atoms with Gasteiger partial charge in [-0.05, 0) is 55.5 Å². The second-order valence-corrected chi connectivity index (χ2v) is 9.54. The average molecular weight is 436 g/mol. The predicted octanol–water partition coefficient (Wildman–Crippen LogP) is 5.29. The molecular weight excluding hydrogens is 410 g/mol. The zero-order valence-corrected chi connectivity index (χ0v) is 18.9. The topological polar surface area (TPSA) is 71.1 Å². The Morgan fingerprint density at radius 3 is 2.61 bits per heavy atom. The zero-order valence-electron chi connectivity index (χ0n) is 18.2. The van der Waals surface area contributed by atoms with E-state index in [9.17, 15) is 9.59 Å². The molecule has 1 aromatic heterocycles. The molecule has 4 rings (SSSR count). The van der Waals surface area contributed by atoms with Crippen molar-refractivity contribution in [1.29, 1.82) is 0 Å². The molecule has 0 radical (unpaired) electrons. The van der Waals surface area contributed by atoms with E-state index in [0.29, 0.717) is 28.4 Å². The van der Waals surface area contributed by atoms with E-state index in [-0.39, 0.29) is 17.1 Å². The molecule has 1 aliphatic heterocycles. The smallest absolute Gasteiger partial charge is 0.255 e. The van der Waals surface area contributed by atoms with Crippen LogP contribution in [0.2, 0.25) is 5.02 Å². The van der Waals surface area contributed by atoms with Gasteiger partial charge in [0.25, 0.3) is 5.91 Å². The van der Waals surface area contributed by atoms with E-state index in [1.54, 1.807) is 12.1 Å². The SMILES string of the molecule is CC1=C(C(=O)Nc2cccc(C)n2)[C@@H](c2cccc(Cl)c2)C2=C(CC(C)(C)CC2=O)N1. The Morgan fingerprint density at radius 1 is 1.16 bits per heavy atom. The molecule has 2 aromatic rings. The third-order valence-electron chi connectivity index (χ3n) is 5.80. The lowest BCUT2D eigenvalue weighted by molar-refractivity contribution is -0.118. The first-order valence-electron chi connectivity index (χ1n) is 10.4. The number of benzene rings is 1. The quantitative estimate of drug-likeness (QED) is 0.687. The number of dihydropyridines is 1. The molecule has 0 bridgehead atoms. The van der Waals surface area contributed by atoms with E-state index in [2.05, 4.69) is 29.5 Å². The van der Waals surface area contributed by atoms with Gasteiger partial charge < -0.3 is 10.6 Å². The normalized spacial score (nSPS) is 20.3. The summed E-state index contributed by atoms with van der Waals surface area (Å²) in [7, 11) is 0. The molecule has 1 atom stereocenters. The van der Waals surface area contributed by atoms with Crippen LogP contribution in [0, 0.1) is 12.3 Å². The van der Waals surface area contributed by atoms with Crippen LogP contribution in [0.4, 0.5) is 5.82 Å². The molecule has 0 spiro atoms. The van der Waals surface area contributed by atoms with Crippen molar-refractivity contribution in [2.75, 3.05) is 5.32 Å². The largest absolute Gasteiger partial charge is 0.362 e. The van der Waals surface area contributed by atoms with Crippen molar-refractivity contribution in [3.63, 3.8) is 0 Å². The molecular formula is C25H26ClN3O2. The summed E-state index contributed by atoms with van der Waals surface area (Å²) in [6.07, 6.45) is 1.19. The molecule has 1 aliphatic carbocycles. The number of hydrogen-bond donors (Lipinski definition) is 2. The number of amides is 1. The maximum absolute atomic E-state index is 13.5. The zero-order chi connectivity index (χ0) is 22.3. The lowest BCUT2D eigenvalue weighted by atomic mass is 9.68. The first kappa shape index (κ1) is 21.3. The number of rotatable bonds is 3. The summed E-state index contributed by atoms with van der Waals surface area (Å²) in [6, 6.07) is 12.9.